The molecule has 0 spiro atoms. The minimum atomic E-state index is -0.484. The highest BCUT2D eigenvalue weighted by atomic mass is 16.3. The lowest BCUT2D eigenvalue weighted by molar-refractivity contribution is 0.670. The van der Waals surface area contributed by atoms with E-state index in [-0.39, 0.29) is 69.3 Å². The van der Waals surface area contributed by atoms with Crippen molar-refractivity contribution in [3.05, 3.63) is 170 Å². The Bertz CT molecular complexity index is 3070. The third-order valence-electron chi connectivity index (χ3n) is 8.33. The smallest absolute Gasteiger partial charge is 0.143 e. The Morgan fingerprint density at radius 1 is 0.378 bits per heavy atom. The molecule has 0 bridgehead atoms. The van der Waals surface area contributed by atoms with Crippen molar-refractivity contribution in [1.29, 1.82) is 0 Å². The van der Waals surface area contributed by atoms with Crippen molar-refractivity contribution in [2.24, 2.45) is 0 Å². The zero-order valence-electron chi connectivity index (χ0n) is 34.7. The fourth-order valence-electron chi connectivity index (χ4n) is 6.47. The Kier molecular flexibility index (Phi) is 3.87. The highest BCUT2D eigenvalue weighted by molar-refractivity contribution is 6.27. The lowest BCUT2D eigenvalue weighted by Crippen LogP contribution is -1.93. The number of para-hydroxylation sites is 1. The van der Waals surface area contributed by atoms with E-state index in [0.29, 0.717) is 49.4 Å². The van der Waals surface area contributed by atoms with Crippen LogP contribution in [0.25, 0.3) is 88.0 Å². The second-order valence-electron chi connectivity index (χ2n) is 10.8. The zero-order valence-corrected chi connectivity index (χ0v) is 23.7. The van der Waals surface area contributed by atoms with E-state index in [9.17, 15) is 2.74 Å². The fourth-order valence-corrected chi connectivity index (χ4v) is 6.47. The van der Waals surface area contributed by atoms with Gasteiger partial charge in [0, 0.05) is 16.3 Å². The molecule has 0 amide bonds. The van der Waals surface area contributed by atoms with Gasteiger partial charge in [-0.1, -0.05) is 158 Å². The monoisotopic (exact) mass is 583 g/mol. The quantitative estimate of drug-likeness (QED) is 0.188. The van der Waals surface area contributed by atoms with E-state index in [0.717, 1.165) is 5.56 Å². The summed E-state index contributed by atoms with van der Waals surface area (Å²) in [5.41, 5.74) is 3.63. The number of fused-ring (bicyclic) bond motifs is 5. The Labute approximate surface area is 277 Å². The van der Waals surface area contributed by atoms with E-state index in [1.165, 1.54) is 0 Å². The van der Waals surface area contributed by atoms with Crippen LogP contribution in [0.5, 0.6) is 0 Å². The summed E-state index contributed by atoms with van der Waals surface area (Å²) in [6.45, 7) is 0. The molecule has 8 aromatic carbocycles. The van der Waals surface area contributed by atoms with Gasteiger partial charge in [-0.15, -0.1) is 0 Å². The number of benzene rings is 8. The molecule has 9 aromatic rings. The summed E-state index contributed by atoms with van der Waals surface area (Å²) in [5, 5.41) is 3.14. The molecule has 0 atom stereocenters. The van der Waals surface area contributed by atoms with Crippen LogP contribution in [-0.2, 0) is 0 Å². The summed E-state index contributed by atoms with van der Waals surface area (Å²) in [6.07, 6.45) is 0. The van der Waals surface area contributed by atoms with Gasteiger partial charge in [0.1, 0.15) is 11.2 Å². The molecule has 1 nitrogen and oxygen atoms in total. The molecule has 1 heteroatoms. The molecule has 0 aliphatic carbocycles. The third kappa shape index (κ3) is 4.02. The molecule has 0 unspecified atom stereocenters. The summed E-state index contributed by atoms with van der Waals surface area (Å²) in [4.78, 5) is 0. The Balaban J connectivity index is 1.49. The van der Waals surface area contributed by atoms with Crippen LogP contribution in [0.1, 0.15) is 15.1 Å². The van der Waals surface area contributed by atoms with Gasteiger partial charge in [0.05, 0.1) is 15.1 Å². The van der Waals surface area contributed by atoms with Gasteiger partial charge >= 0.3 is 0 Å². The summed E-state index contributed by atoms with van der Waals surface area (Å²) in [5.74, 6) is 0. The SMILES string of the molecule is [2H]c1c([2H])c([2H])c(-c2ccccc2-c2c3ccccc3c(-c3c([2H])c([2H])c(-c4ccccc4)c4oc5c([2H])c([2H])c([2H])c([2H])c5c34)c3ccccc23)c([2H])c1[2H]. The maximum absolute atomic E-state index is 9.74. The molecule has 0 saturated carbocycles. The highest BCUT2D eigenvalue weighted by Crippen LogP contribution is 2.49. The molecule has 9 rings (SSSR count). The number of hydrogen-bond acceptors (Lipinski definition) is 1. The van der Waals surface area contributed by atoms with Crippen molar-refractivity contribution in [3.8, 4) is 44.5 Å². The van der Waals surface area contributed by atoms with Gasteiger partial charge < -0.3 is 4.42 Å². The summed E-state index contributed by atoms with van der Waals surface area (Å²) in [7, 11) is 0. The molecule has 0 saturated heterocycles. The van der Waals surface area contributed by atoms with Crippen molar-refractivity contribution in [1.82, 2.24) is 0 Å². The topological polar surface area (TPSA) is 13.1 Å². The van der Waals surface area contributed by atoms with E-state index in [2.05, 4.69) is 0 Å². The van der Waals surface area contributed by atoms with Gasteiger partial charge in [-0.25, -0.2) is 0 Å². The molecule has 0 aliphatic rings. The van der Waals surface area contributed by atoms with Gasteiger partial charge in [0.2, 0.25) is 0 Å². The van der Waals surface area contributed by atoms with Gasteiger partial charge in [-0.3, -0.25) is 0 Å². The van der Waals surface area contributed by atoms with Gasteiger partial charge in [0.15, 0.2) is 0 Å². The first kappa shape index (κ1) is 16.8. The van der Waals surface area contributed by atoms with Gasteiger partial charge in [-0.2, -0.15) is 0 Å². The molecular weight excluding hydrogens is 544 g/mol. The molecular formula is C44H28O. The van der Waals surface area contributed by atoms with Crippen molar-refractivity contribution < 1.29 is 19.5 Å². The zero-order chi connectivity index (χ0) is 39.3. The maximum Gasteiger partial charge on any atom is 0.143 e. The van der Waals surface area contributed by atoms with E-state index < -0.39 is 30.2 Å². The molecule has 0 aliphatic heterocycles. The van der Waals surface area contributed by atoms with Crippen LogP contribution in [0, 0.1) is 0 Å². The minimum absolute atomic E-state index is 0.0633. The molecule has 0 radical (unpaired) electrons. The van der Waals surface area contributed by atoms with E-state index in [1.54, 1.807) is 36.4 Å². The van der Waals surface area contributed by atoms with Crippen LogP contribution in [0.4, 0.5) is 0 Å². The van der Waals surface area contributed by atoms with E-state index >= 15 is 0 Å². The number of rotatable bonds is 4. The Morgan fingerprint density at radius 2 is 0.911 bits per heavy atom. The van der Waals surface area contributed by atoms with Crippen LogP contribution in [-0.4, -0.2) is 0 Å². The standard InChI is InChI=1S/C44H28O/c1-3-15-29(16-4-1)31-19-7-8-20-33(31)41-34-21-9-11-23-36(34)42(37-24-12-10-22-35(37)41)39-28-27-32(30-17-5-2-6-18-30)44-43(39)38-25-13-14-26-40(38)45-44/h1-28H/i1D,3D,4D,13D,14D,15D,16D,25D,26D,27D,28D. The predicted molar refractivity (Wildman–Crippen MR) is 190 cm³/mol. The normalized spacial score (nSPS) is 15.0. The van der Waals surface area contributed by atoms with E-state index in [1.807, 2.05) is 66.7 Å². The van der Waals surface area contributed by atoms with Gasteiger partial charge in [0.25, 0.3) is 0 Å². The first-order valence-corrected chi connectivity index (χ1v) is 14.6. The summed E-state index contributed by atoms with van der Waals surface area (Å²) < 4.78 is 103. The number of hydrogen-bond donors (Lipinski definition) is 0. The fraction of sp³-hybridized carbons (Fsp3) is 0. The van der Waals surface area contributed by atoms with Crippen molar-refractivity contribution in [3.63, 3.8) is 0 Å². The van der Waals surface area contributed by atoms with Crippen LogP contribution in [0.2, 0.25) is 0 Å². The first-order valence-electron chi connectivity index (χ1n) is 20.1. The molecule has 1 heterocycles. The first-order chi connectivity index (χ1) is 26.9. The maximum atomic E-state index is 9.74. The average Bonchev–Trinajstić information content (AvgIpc) is 3.61. The molecule has 0 N–H and O–H groups in total. The van der Waals surface area contributed by atoms with Crippen molar-refractivity contribution in [2.45, 2.75) is 0 Å². The lowest BCUT2D eigenvalue weighted by atomic mass is 9.83. The molecule has 1 aromatic heterocycles. The second-order valence-corrected chi connectivity index (χ2v) is 10.8. The average molecular weight is 584 g/mol. The lowest BCUT2D eigenvalue weighted by Gasteiger charge is -2.20. The van der Waals surface area contributed by atoms with Gasteiger partial charge in [-0.05, 0) is 72.6 Å². The van der Waals surface area contributed by atoms with Crippen LogP contribution >= 0.6 is 0 Å². The molecule has 210 valence electrons. The van der Waals surface area contributed by atoms with Crippen LogP contribution in [0.15, 0.2) is 174 Å². The largest absolute Gasteiger partial charge is 0.455 e. The third-order valence-corrected chi connectivity index (χ3v) is 8.33. The Hall–Kier alpha value is -5.92. The summed E-state index contributed by atoms with van der Waals surface area (Å²) >= 11 is 0. The highest BCUT2D eigenvalue weighted by Gasteiger charge is 2.22. The molecule has 0 fully saturated rings. The van der Waals surface area contributed by atoms with Crippen molar-refractivity contribution >= 4 is 43.5 Å². The van der Waals surface area contributed by atoms with Crippen LogP contribution < -0.4 is 0 Å². The van der Waals surface area contributed by atoms with Crippen LogP contribution in [0.3, 0.4) is 0 Å². The Morgan fingerprint density at radius 3 is 1.60 bits per heavy atom. The number of furan rings is 1. The second kappa shape index (κ2) is 10.4. The molecule has 45 heavy (non-hydrogen) atoms. The van der Waals surface area contributed by atoms with E-state index in [4.69, 9.17) is 16.8 Å². The summed E-state index contributed by atoms with van der Waals surface area (Å²) in [6, 6.07) is 27.4. The van der Waals surface area contributed by atoms with Crippen molar-refractivity contribution in [2.75, 3.05) is 0 Å². The minimum Gasteiger partial charge on any atom is -0.455 e. The predicted octanol–water partition coefficient (Wildman–Crippen LogP) is 12.6.